The first-order valence-corrected chi connectivity index (χ1v) is 4.12. The maximum absolute atomic E-state index is 10.6. The molecule has 0 aliphatic heterocycles. The average Bonchev–Trinajstić information content (AvgIpc) is 1.85. The van der Waals surface area contributed by atoms with E-state index < -0.39 is 0 Å². The van der Waals surface area contributed by atoms with Crippen molar-refractivity contribution in [3.05, 3.63) is 0 Å². The SMILES string of the molecule is CCC(C)CC(=N)CC(C)=O. The van der Waals surface area contributed by atoms with Crippen LogP contribution in [0.5, 0.6) is 0 Å². The number of hydrogen-bond donors (Lipinski definition) is 1. The fourth-order valence-corrected chi connectivity index (χ4v) is 0.938. The molecule has 0 saturated heterocycles. The van der Waals surface area contributed by atoms with Crippen molar-refractivity contribution in [3.63, 3.8) is 0 Å². The Morgan fingerprint density at radius 3 is 2.45 bits per heavy atom. The largest absolute Gasteiger partial charge is 0.309 e. The van der Waals surface area contributed by atoms with E-state index in [1.807, 2.05) is 0 Å². The van der Waals surface area contributed by atoms with Gasteiger partial charge in [0, 0.05) is 12.1 Å². The molecule has 0 aliphatic carbocycles. The molecule has 0 amide bonds. The van der Waals surface area contributed by atoms with Crippen molar-refractivity contribution < 1.29 is 4.79 Å². The monoisotopic (exact) mass is 155 g/mol. The highest BCUT2D eigenvalue weighted by Crippen LogP contribution is 2.08. The standard InChI is InChI=1S/C9H17NO/c1-4-7(2)5-9(10)6-8(3)11/h7,10H,4-6H2,1-3H3. The Hall–Kier alpha value is -0.660. The van der Waals surface area contributed by atoms with Gasteiger partial charge in [0.05, 0.1) is 0 Å². The predicted octanol–water partition coefficient (Wildman–Crippen LogP) is 2.42. The predicted molar refractivity (Wildman–Crippen MR) is 47.1 cm³/mol. The molecule has 11 heavy (non-hydrogen) atoms. The van der Waals surface area contributed by atoms with E-state index in [0.29, 0.717) is 18.1 Å². The van der Waals surface area contributed by atoms with Crippen LogP contribution in [0.2, 0.25) is 0 Å². The second-order valence-corrected chi connectivity index (χ2v) is 3.20. The van der Waals surface area contributed by atoms with Crippen LogP contribution in [0.25, 0.3) is 0 Å². The summed E-state index contributed by atoms with van der Waals surface area (Å²) in [6.07, 6.45) is 2.20. The Kier molecular flexibility index (Phi) is 4.75. The van der Waals surface area contributed by atoms with Gasteiger partial charge in [0.25, 0.3) is 0 Å². The molecule has 0 heterocycles. The third kappa shape index (κ3) is 5.77. The molecular formula is C9H17NO. The quantitative estimate of drug-likeness (QED) is 0.608. The molecule has 0 bridgehead atoms. The molecule has 0 radical (unpaired) electrons. The molecule has 1 atom stereocenters. The highest BCUT2D eigenvalue weighted by Gasteiger charge is 2.05. The topological polar surface area (TPSA) is 40.9 Å². The summed E-state index contributed by atoms with van der Waals surface area (Å²) in [5, 5.41) is 7.43. The number of rotatable bonds is 5. The van der Waals surface area contributed by atoms with E-state index in [1.165, 1.54) is 6.92 Å². The van der Waals surface area contributed by atoms with Gasteiger partial charge in [0.2, 0.25) is 0 Å². The first-order chi connectivity index (χ1) is 5.06. The fraction of sp³-hybridized carbons (Fsp3) is 0.778. The lowest BCUT2D eigenvalue weighted by Crippen LogP contribution is -2.07. The van der Waals surface area contributed by atoms with Gasteiger partial charge in [-0.05, 0) is 19.3 Å². The first kappa shape index (κ1) is 10.3. The minimum Gasteiger partial charge on any atom is -0.309 e. The summed E-state index contributed by atoms with van der Waals surface area (Å²) in [6.45, 7) is 5.74. The van der Waals surface area contributed by atoms with Crippen molar-refractivity contribution in [2.45, 2.75) is 40.0 Å². The maximum atomic E-state index is 10.6. The Bertz CT molecular complexity index is 152. The van der Waals surface area contributed by atoms with Crippen molar-refractivity contribution in [2.75, 3.05) is 0 Å². The van der Waals surface area contributed by atoms with E-state index in [9.17, 15) is 4.79 Å². The van der Waals surface area contributed by atoms with Gasteiger partial charge in [-0.1, -0.05) is 20.3 Å². The van der Waals surface area contributed by atoms with Crippen LogP contribution in [0.15, 0.2) is 0 Å². The molecule has 0 rings (SSSR count). The van der Waals surface area contributed by atoms with Gasteiger partial charge in [-0.15, -0.1) is 0 Å². The highest BCUT2D eigenvalue weighted by atomic mass is 16.1. The lowest BCUT2D eigenvalue weighted by molar-refractivity contribution is -0.115. The molecule has 0 fully saturated rings. The number of carbonyl (C=O) groups excluding carboxylic acids is 1. The number of carbonyl (C=O) groups is 1. The average molecular weight is 155 g/mol. The van der Waals surface area contributed by atoms with Gasteiger partial charge in [-0.2, -0.15) is 0 Å². The van der Waals surface area contributed by atoms with Gasteiger partial charge in [0.15, 0.2) is 0 Å². The van der Waals surface area contributed by atoms with E-state index >= 15 is 0 Å². The van der Waals surface area contributed by atoms with Crippen LogP contribution >= 0.6 is 0 Å². The maximum Gasteiger partial charge on any atom is 0.135 e. The zero-order chi connectivity index (χ0) is 8.85. The number of Topliss-reactive ketones (excluding diaryl/α,β-unsaturated/α-hetero) is 1. The van der Waals surface area contributed by atoms with Gasteiger partial charge >= 0.3 is 0 Å². The fourth-order valence-electron chi connectivity index (χ4n) is 0.938. The van der Waals surface area contributed by atoms with Crippen LogP contribution in [-0.2, 0) is 4.79 Å². The first-order valence-electron chi connectivity index (χ1n) is 4.12. The molecule has 1 N–H and O–H groups in total. The van der Waals surface area contributed by atoms with Gasteiger partial charge in [-0.3, -0.25) is 4.79 Å². The minimum atomic E-state index is 0.0957. The molecule has 0 saturated carbocycles. The van der Waals surface area contributed by atoms with Gasteiger partial charge in [-0.25, -0.2) is 0 Å². The summed E-state index contributed by atoms with van der Waals surface area (Å²) in [4.78, 5) is 10.6. The minimum absolute atomic E-state index is 0.0957. The highest BCUT2D eigenvalue weighted by molar-refractivity contribution is 5.99. The summed E-state index contributed by atoms with van der Waals surface area (Å²) < 4.78 is 0. The number of nitrogens with one attached hydrogen (secondary N) is 1. The molecule has 0 aromatic carbocycles. The Labute approximate surface area is 68.5 Å². The van der Waals surface area contributed by atoms with E-state index in [4.69, 9.17) is 5.41 Å². The normalized spacial score (nSPS) is 12.6. The lowest BCUT2D eigenvalue weighted by atomic mass is 9.99. The van der Waals surface area contributed by atoms with Crippen LogP contribution in [0.3, 0.4) is 0 Å². The second-order valence-electron chi connectivity index (χ2n) is 3.20. The van der Waals surface area contributed by atoms with Crippen molar-refractivity contribution in [3.8, 4) is 0 Å². The summed E-state index contributed by atoms with van der Waals surface area (Å²) in [7, 11) is 0. The van der Waals surface area contributed by atoms with Crippen LogP contribution < -0.4 is 0 Å². The van der Waals surface area contributed by atoms with E-state index in [2.05, 4.69) is 13.8 Å². The van der Waals surface area contributed by atoms with Crippen LogP contribution in [-0.4, -0.2) is 11.5 Å². The second kappa shape index (κ2) is 5.05. The van der Waals surface area contributed by atoms with Crippen molar-refractivity contribution in [1.29, 1.82) is 5.41 Å². The van der Waals surface area contributed by atoms with Crippen LogP contribution in [0, 0.1) is 11.3 Å². The summed E-state index contributed by atoms with van der Waals surface area (Å²) in [5.74, 6) is 0.639. The van der Waals surface area contributed by atoms with Crippen molar-refractivity contribution in [2.24, 2.45) is 5.92 Å². The summed E-state index contributed by atoms with van der Waals surface area (Å²) in [6, 6.07) is 0. The third-order valence-corrected chi connectivity index (χ3v) is 1.75. The zero-order valence-electron chi connectivity index (χ0n) is 7.61. The van der Waals surface area contributed by atoms with Gasteiger partial charge < -0.3 is 5.41 Å². The van der Waals surface area contributed by atoms with Crippen molar-refractivity contribution in [1.82, 2.24) is 0 Å². The Balaban J connectivity index is 3.60. The van der Waals surface area contributed by atoms with E-state index in [0.717, 1.165) is 12.8 Å². The molecule has 0 aromatic heterocycles. The molecule has 0 aliphatic rings. The molecule has 64 valence electrons. The molecule has 1 unspecified atom stereocenters. The summed E-state index contributed by atoms with van der Waals surface area (Å²) in [5.41, 5.74) is 0.576. The molecule has 2 nitrogen and oxygen atoms in total. The molecular weight excluding hydrogens is 138 g/mol. The van der Waals surface area contributed by atoms with E-state index in [-0.39, 0.29) is 5.78 Å². The molecule has 0 spiro atoms. The zero-order valence-corrected chi connectivity index (χ0v) is 7.61. The Morgan fingerprint density at radius 2 is 2.09 bits per heavy atom. The summed E-state index contributed by atoms with van der Waals surface area (Å²) >= 11 is 0. The smallest absolute Gasteiger partial charge is 0.135 e. The Morgan fingerprint density at radius 1 is 1.55 bits per heavy atom. The van der Waals surface area contributed by atoms with E-state index in [1.54, 1.807) is 0 Å². The van der Waals surface area contributed by atoms with Crippen LogP contribution in [0.1, 0.15) is 40.0 Å². The third-order valence-electron chi connectivity index (χ3n) is 1.75. The number of hydrogen-bond acceptors (Lipinski definition) is 2. The molecule has 0 aromatic rings. The van der Waals surface area contributed by atoms with Crippen LogP contribution in [0.4, 0.5) is 0 Å². The molecule has 2 heteroatoms. The van der Waals surface area contributed by atoms with Crippen molar-refractivity contribution >= 4 is 11.5 Å². The van der Waals surface area contributed by atoms with Gasteiger partial charge in [0.1, 0.15) is 5.78 Å². The lowest BCUT2D eigenvalue weighted by Gasteiger charge is -2.07. The number of ketones is 1.